The van der Waals surface area contributed by atoms with Crippen LogP contribution in [0.4, 0.5) is 0 Å². The smallest absolute Gasteiger partial charge is 0.264 e. The Morgan fingerprint density at radius 3 is 2.81 bits per heavy atom. The Balaban J connectivity index is 1.53. The van der Waals surface area contributed by atoms with E-state index in [0.29, 0.717) is 19.4 Å². The highest BCUT2D eigenvalue weighted by Crippen LogP contribution is 2.38. The fourth-order valence-electron chi connectivity index (χ4n) is 3.52. The molecule has 3 atom stereocenters. The van der Waals surface area contributed by atoms with Crippen LogP contribution in [-0.4, -0.2) is 48.9 Å². The second-order valence-corrected chi connectivity index (χ2v) is 9.04. The van der Waals surface area contributed by atoms with Crippen molar-refractivity contribution in [2.75, 3.05) is 12.3 Å². The molecule has 1 aromatic carbocycles. The van der Waals surface area contributed by atoms with Gasteiger partial charge in [0.1, 0.15) is 5.75 Å². The van der Waals surface area contributed by atoms with Gasteiger partial charge < -0.3 is 9.64 Å². The fraction of sp³-hybridized carbons (Fsp3) is 0.500. The fourth-order valence-corrected chi connectivity index (χ4v) is 6.05. The number of carbonyl (C=O) groups is 1. The van der Waals surface area contributed by atoms with E-state index in [1.807, 2.05) is 18.2 Å². The number of rotatable bonds is 1. The molecule has 0 saturated carbocycles. The minimum Gasteiger partial charge on any atom is -0.480 e. The van der Waals surface area contributed by atoms with Crippen molar-refractivity contribution in [1.29, 1.82) is 0 Å². The number of hydrogen-bond acceptors (Lipinski definition) is 4. The molecule has 0 spiro atoms. The summed E-state index contributed by atoms with van der Waals surface area (Å²) in [6.45, 7) is 0.323. The van der Waals surface area contributed by atoms with Crippen molar-refractivity contribution in [3.05, 3.63) is 28.2 Å². The Labute approximate surface area is 131 Å². The maximum absolute atomic E-state index is 12.6. The average Bonchev–Trinajstić information content (AvgIpc) is 3.08. The van der Waals surface area contributed by atoms with Gasteiger partial charge in [-0.2, -0.15) is 0 Å². The molecule has 0 aromatic heterocycles. The Kier molecular flexibility index (Phi) is 2.88. The third-order valence-corrected chi connectivity index (χ3v) is 7.55. The second-order valence-electron chi connectivity index (χ2n) is 5.86. The van der Waals surface area contributed by atoms with Crippen LogP contribution in [0.3, 0.4) is 0 Å². The molecular formula is C14H14BrNO4S. The molecule has 21 heavy (non-hydrogen) atoms. The van der Waals surface area contributed by atoms with Gasteiger partial charge in [-0.3, -0.25) is 4.79 Å². The first-order valence-electron chi connectivity index (χ1n) is 6.92. The number of sulfone groups is 1. The van der Waals surface area contributed by atoms with Crippen LogP contribution in [-0.2, 0) is 21.1 Å². The van der Waals surface area contributed by atoms with Gasteiger partial charge in [-0.1, -0.05) is 22.0 Å². The third kappa shape index (κ3) is 2.01. The van der Waals surface area contributed by atoms with Gasteiger partial charge in [0.05, 0.1) is 11.0 Å². The highest BCUT2D eigenvalue weighted by atomic mass is 79.9. The zero-order valence-electron chi connectivity index (χ0n) is 11.2. The van der Waals surface area contributed by atoms with E-state index in [0.717, 1.165) is 15.8 Å². The summed E-state index contributed by atoms with van der Waals surface area (Å²) in [5.74, 6) is 0.757. The number of carbonyl (C=O) groups excluding carboxylic acids is 1. The number of benzene rings is 1. The van der Waals surface area contributed by atoms with E-state index in [1.54, 1.807) is 4.90 Å². The van der Waals surface area contributed by atoms with Crippen molar-refractivity contribution in [3.63, 3.8) is 0 Å². The SMILES string of the molecule is O=C(C1Cc2c(Br)cccc2O1)N1C[C@@H]2C[C@H]1CS2(=O)=O. The van der Waals surface area contributed by atoms with Crippen LogP contribution < -0.4 is 4.74 Å². The lowest BCUT2D eigenvalue weighted by Crippen LogP contribution is -2.49. The molecule has 5 nitrogen and oxygen atoms in total. The molecule has 3 heterocycles. The minimum absolute atomic E-state index is 0.0829. The van der Waals surface area contributed by atoms with Crippen molar-refractivity contribution in [1.82, 2.24) is 4.90 Å². The van der Waals surface area contributed by atoms with Crippen LogP contribution in [0.5, 0.6) is 5.75 Å². The predicted molar refractivity (Wildman–Crippen MR) is 80.0 cm³/mol. The Bertz CT molecular complexity index is 732. The van der Waals surface area contributed by atoms with Gasteiger partial charge in [-0.25, -0.2) is 8.42 Å². The van der Waals surface area contributed by atoms with E-state index < -0.39 is 15.9 Å². The highest BCUT2D eigenvalue weighted by Gasteiger charge is 2.51. The van der Waals surface area contributed by atoms with Crippen LogP contribution in [0, 0.1) is 0 Å². The summed E-state index contributed by atoms with van der Waals surface area (Å²) in [6.07, 6.45) is 0.592. The molecule has 3 aliphatic heterocycles. The molecule has 2 saturated heterocycles. The van der Waals surface area contributed by atoms with Crippen LogP contribution in [0.15, 0.2) is 22.7 Å². The van der Waals surface area contributed by atoms with Gasteiger partial charge in [0.15, 0.2) is 15.9 Å². The van der Waals surface area contributed by atoms with Crippen LogP contribution in [0.1, 0.15) is 12.0 Å². The van der Waals surface area contributed by atoms with Crippen molar-refractivity contribution >= 4 is 31.7 Å². The van der Waals surface area contributed by atoms with E-state index in [1.165, 1.54) is 0 Å². The Morgan fingerprint density at radius 2 is 2.19 bits per heavy atom. The zero-order chi connectivity index (χ0) is 14.8. The average molecular weight is 372 g/mol. The normalized spacial score (nSPS) is 32.0. The number of ether oxygens (including phenoxy) is 1. The molecule has 2 fully saturated rings. The van der Waals surface area contributed by atoms with Crippen LogP contribution >= 0.6 is 15.9 Å². The Morgan fingerprint density at radius 1 is 1.38 bits per heavy atom. The molecule has 1 amide bonds. The summed E-state index contributed by atoms with van der Waals surface area (Å²) in [4.78, 5) is 14.3. The summed E-state index contributed by atoms with van der Waals surface area (Å²) < 4.78 is 30.2. The second kappa shape index (κ2) is 4.46. The molecule has 0 radical (unpaired) electrons. The lowest BCUT2D eigenvalue weighted by Gasteiger charge is -2.28. The number of halogens is 1. The van der Waals surface area contributed by atoms with E-state index in [2.05, 4.69) is 15.9 Å². The van der Waals surface area contributed by atoms with Gasteiger partial charge in [0, 0.05) is 29.0 Å². The molecule has 1 aromatic rings. The van der Waals surface area contributed by atoms with E-state index >= 15 is 0 Å². The number of fused-ring (bicyclic) bond motifs is 3. The van der Waals surface area contributed by atoms with Crippen LogP contribution in [0.2, 0.25) is 0 Å². The highest BCUT2D eigenvalue weighted by molar-refractivity contribution is 9.10. The number of likely N-dealkylation sites (tertiary alicyclic amines) is 1. The molecule has 4 rings (SSSR count). The Hall–Kier alpha value is -1.08. The quantitative estimate of drug-likeness (QED) is 0.742. The molecule has 2 bridgehead atoms. The molecular weight excluding hydrogens is 358 g/mol. The number of hydrogen-bond donors (Lipinski definition) is 0. The van der Waals surface area contributed by atoms with Gasteiger partial charge >= 0.3 is 0 Å². The standard InChI is InChI=1S/C14H14BrNO4S/c15-11-2-1-3-12-10(11)5-13(20-12)14(17)16-6-9-4-8(16)7-21(9,18)19/h1-3,8-9,13H,4-7H2/t8-,9-,13?/m0/s1. The monoisotopic (exact) mass is 371 g/mol. The third-order valence-electron chi connectivity index (χ3n) is 4.60. The van der Waals surface area contributed by atoms with E-state index in [-0.39, 0.29) is 23.0 Å². The first-order chi connectivity index (χ1) is 9.95. The predicted octanol–water partition coefficient (Wildman–Crippen LogP) is 1.15. The lowest BCUT2D eigenvalue weighted by atomic mass is 10.1. The van der Waals surface area contributed by atoms with Gasteiger partial charge in [-0.05, 0) is 18.6 Å². The molecule has 0 aliphatic carbocycles. The number of amides is 1. The molecule has 1 unspecified atom stereocenters. The largest absolute Gasteiger partial charge is 0.480 e. The van der Waals surface area contributed by atoms with Crippen molar-refractivity contribution in [2.45, 2.75) is 30.2 Å². The zero-order valence-corrected chi connectivity index (χ0v) is 13.6. The molecule has 112 valence electrons. The summed E-state index contributed by atoms with van der Waals surface area (Å²) >= 11 is 3.47. The summed E-state index contributed by atoms with van der Waals surface area (Å²) in [7, 11) is -2.98. The van der Waals surface area contributed by atoms with Crippen molar-refractivity contribution < 1.29 is 17.9 Å². The molecule has 3 aliphatic rings. The van der Waals surface area contributed by atoms with E-state index in [9.17, 15) is 13.2 Å². The van der Waals surface area contributed by atoms with Crippen molar-refractivity contribution in [2.24, 2.45) is 0 Å². The first kappa shape index (κ1) is 13.6. The number of nitrogens with zero attached hydrogens (tertiary/aromatic N) is 1. The van der Waals surface area contributed by atoms with Gasteiger partial charge in [-0.15, -0.1) is 0 Å². The van der Waals surface area contributed by atoms with Gasteiger partial charge in [0.2, 0.25) is 0 Å². The first-order valence-corrected chi connectivity index (χ1v) is 9.42. The summed E-state index contributed by atoms with van der Waals surface area (Å²) in [5.41, 5.74) is 1.01. The maximum Gasteiger partial charge on any atom is 0.264 e. The minimum atomic E-state index is -2.98. The summed E-state index contributed by atoms with van der Waals surface area (Å²) in [5, 5.41) is -0.373. The molecule has 7 heteroatoms. The van der Waals surface area contributed by atoms with E-state index in [4.69, 9.17) is 4.74 Å². The molecule has 0 N–H and O–H groups in total. The van der Waals surface area contributed by atoms with Crippen molar-refractivity contribution in [3.8, 4) is 5.75 Å². The topological polar surface area (TPSA) is 63.7 Å². The van der Waals surface area contributed by atoms with Gasteiger partial charge in [0.25, 0.3) is 5.91 Å². The van der Waals surface area contributed by atoms with Crippen LogP contribution in [0.25, 0.3) is 0 Å². The summed E-state index contributed by atoms with van der Waals surface area (Å²) in [6, 6.07) is 5.50. The lowest BCUT2D eigenvalue weighted by molar-refractivity contribution is -0.138. The maximum atomic E-state index is 12.6.